The van der Waals surface area contributed by atoms with E-state index in [2.05, 4.69) is 48.0 Å². The van der Waals surface area contributed by atoms with Crippen LogP contribution >= 0.6 is 0 Å². The quantitative estimate of drug-likeness (QED) is 0.818. The van der Waals surface area contributed by atoms with Gasteiger partial charge in [0.25, 0.3) is 0 Å². The van der Waals surface area contributed by atoms with Gasteiger partial charge in [0.1, 0.15) is 5.65 Å². The van der Waals surface area contributed by atoms with Crippen molar-refractivity contribution < 1.29 is 0 Å². The van der Waals surface area contributed by atoms with Crippen molar-refractivity contribution in [2.75, 3.05) is 6.54 Å². The number of aromatic nitrogens is 2. The van der Waals surface area contributed by atoms with Crippen LogP contribution in [0.25, 0.3) is 16.6 Å². The van der Waals surface area contributed by atoms with E-state index in [1.165, 1.54) is 10.9 Å². The lowest BCUT2D eigenvalue weighted by molar-refractivity contribution is 0.511. The van der Waals surface area contributed by atoms with Crippen LogP contribution in [-0.4, -0.2) is 16.5 Å². The Morgan fingerprint density at radius 3 is 2.95 bits per heavy atom. The summed E-state index contributed by atoms with van der Waals surface area (Å²) in [6.45, 7) is 11.5. The molecule has 3 heterocycles. The molecule has 2 N–H and O–H groups in total. The molecule has 0 aliphatic carbocycles. The summed E-state index contributed by atoms with van der Waals surface area (Å²) in [6, 6.07) is 4.13. The van der Waals surface area contributed by atoms with Crippen LogP contribution in [-0.2, 0) is 5.41 Å². The molecule has 0 radical (unpaired) electrons. The van der Waals surface area contributed by atoms with E-state index in [4.69, 9.17) is 0 Å². The molecule has 0 unspecified atom stereocenters. The molecule has 0 fully saturated rings. The second kappa shape index (κ2) is 3.98. The van der Waals surface area contributed by atoms with Gasteiger partial charge in [0.2, 0.25) is 0 Å². The van der Waals surface area contributed by atoms with Crippen molar-refractivity contribution in [1.82, 2.24) is 15.3 Å². The van der Waals surface area contributed by atoms with Crippen LogP contribution in [0.15, 0.2) is 36.7 Å². The molecule has 0 atom stereocenters. The van der Waals surface area contributed by atoms with E-state index in [0.717, 1.165) is 29.0 Å². The molecule has 0 amide bonds. The van der Waals surface area contributed by atoms with Gasteiger partial charge >= 0.3 is 0 Å². The van der Waals surface area contributed by atoms with E-state index in [1.54, 1.807) is 0 Å². The first-order chi connectivity index (χ1) is 9.00. The summed E-state index contributed by atoms with van der Waals surface area (Å²) in [6.07, 6.45) is 3.89. The van der Waals surface area contributed by atoms with Crippen LogP contribution < -0.4 is 5.32 Å². The van der Waals surface area contributed by atoms with Gasteiger partial charge in [-0.2, -0.15) is 0 Å². The van der Waals surface area contributed by atoms with Gasteiger partial charge in [0, 0.05) is 35.3 Å². The van der Waals surface area contributed by atoms with Gasteiger partial charge in [-0.05, 0) is 30.2 Å². The second-order valence-electron chi connectivity index (χ2n) is 5.88. The summed E-state index contributed by atoms with van der Waals surface area (Å²) < 4.78 is 0. The highest BCUT2D eigenvalue weighted by atomic mass is 14.9. The number of aromatic amines is 1. The smallest absolute Gasteiger partial charge is 0.138 e. The zero-order chi connectivity index (χ0) is 13.6. The molecule has 19 heavy (non-hydrogen) atoms. The Kier molecular flexibility index (Phi) is 2.52. The van der Waals surface area contributed by atoms with E-state index >= 15 is 0 Å². The number of pyridine rings is 1. The molecule has 3 heteroatoms. The van der Waals surface area contributed by atoms with Gasteiger partial charge in [-0.3, -0.25) is 0 Å². The number of fused-ring (bicyclic) bond motifs is 3. The van der Waals surface area contributed by atoms with Gasteiger partial charge in [0.15, 0.2) is 0 Å². The maximum atomic E-state index is 4.44. The third-order valence-electron chi connectivity index (χ3n) is 3.77. The number of rotatable bonds is 1. The maximum absolute atomic E-state index is 4.44. The molecule has 0 aromatic carbocycles. The molecule has 0 saturated heterocycles. The van der Waals surface area contributed by atoms with E-state index in [0.29, 0.717) is 0 Å². The van der Waals surface area contributed by atoms with Crippen LogP contribution in [0, 0.1) is 0 Å². The average Bonchev–Trinajstić information content (AvgIpc) is 2.67. The summed E-state index contributed by atoms with van der Waals surface area (Å²) in [5.74, 6) is 0. The molecule has 0 bridgehead atoms. The second-order valence-corrected chi connectivity index (χ2v) is 5.88. The molecule has 2 aromatic heterocycles. The summed E-state index contributed by atoms with van der Waals surface area (Å²) in [5.41, 5.74) is 5.67. The van der Waals surface area contributed by atoms with Crippen LogP contribution in [0.5, 0.6) is 0 Å². The Morgan fingerprint density at radius 1 is 1.42 bits per heavy atom. The summed E-state index contributed by atoms with van der Waals surface area (Å²) in [4.78, 5) is 7.91. The third-order valence-corrected chi connectivity index (χ3v) is 3.77. The minimum absolute atomic E-state index is 0.0459. The minimum Gasteiger partial charge on any atom is -0.389 e. The SMILES string of the molecule is C=C(C)C1=CNCC(C)(C)c2c1[nH]c1ncccc21. The Morgan fingerprint density at radius 2 is 2.21 bits per heavy atom. The summed E-state index contributed by atoms with van der Waals surface area (Å²) in [5, 5.41) is 4.61. The highest BCUT2D eigenvalue weighted by Crippen LogP contribution is 2.38. The molecule has 0 spiro atoms. The maximum Gasteiger partial charge on any atom is 0.138 e. The number of hydrogen-bond donors (Lipinski definition) is 2. The lowest BCUT2D eigenvalue weighted by Crippen LogP contribution is -2.29. The lowest BCUT2D eigenvalue weighted by atomic mass is 9.82. The Bertz CT molecular complexity index is 689. The summed E-state index contributed by atoms with van der Waals surface area (Å²) >= 11 is 0. The van der Waals surface area contributed by atoms with Crippen molar-refractivity contribution in [3.05, 3.63) is 47.9 Å². The molecule has 1 aliphatic rings. The molecular weight excluding hydrogens is 234 g/mol. The van der Waals surface area contributed by atoms with E-state index in [9.17, 15) is 0 Å². The number of hydrogen-bond acceptors (Lipinski definition) is 2. The average molecular weight is 253 g/mol. The van der Waals surface area contributed by atoms with Crippen molar-refractivity contribution in [3.8, 4) is 0 Å². The highest BCUT2D eigenvalue weighted by molar-refractivity contribution is 5.91. The van der Waals surface area contributed by atoms with Gasteiger partial charge in [-0.25, -0.2) is 4.98 Å². The first-order valence-electron chi connectivity index (χ1n) is 6.58. The predicted octanol–water partition coefficient (Wildman–Crippen LogP) is 3.36. The standard InChI is InChI=1S/C16H19N3/c1-10(2)12-8-17-9-16(3,4)13-11-6-5-7-18-15(11)19-14(12)13/h5-8,17H,1,9H2,2-4H3,(H,18,19). The normalized spacial score (nSPS) is 17.3. The van der Waals surface area contributed by atoms with Crippen molar-refractivity contribution in [2.45, 2.75) is 26.2 Å². The Hall–Kier alpha value is -2.03. The topological polar surface area (TPSA) is 40.7 Å². The van der Waals surface area contributed by atoms with Crippen LogP contribution in [0.2, 0.25) is 0 Å². The van der Waals surface area contributed by atoms with Crippen LogP contribution in [0.4, 0.5) is 0 Å². The highest BCUT2D eigenvalue weighted by Gasteiger charge is 2.31. The van der Waals surface area contributed by atoms with Crippen molar-refractivity contribution >= 4 is 16.6 Å². The van der Waals surface area contributed by atoms with E-state index < -0.39 is 0 Å². The molecule has 0 saturated carbocycles. The van der Waals surface area contributed by atoms with Gasteiger partial charge < -0.3 is 10.3 Å². The van der Waals surface area contributed by atoms with Crippen LogP contribution in [0.3, 0.4) is 0 Å². The predicted molar refractivity (Wildman–Crippen MR) is 79.9 cm³/mol. The van der Waals surface area contributed by atoms with Gasteiger partial charge in [-0.15, -0.1) is 0 Å². The molecule has 98 valence electrons. The Labute approximate surface area is 113 Å². The number of allylic oxidation sites excluding steroid dienone is 2. The number of nitrogens with one attached hydrogen (secondary N) is 2. The third kappa shape index (κ3) is 1.77. The Balaban J connectivity index is 2.39. The van der Waals surface area contributed by atoms with Gasteiger partial charge in [0.05, 0.1) is 5.69 Å². The molecular formula is C16H19N3. The van der Waals surface area contributed by atoms with Crippen molar-refractivity contribution in [1.29, 1.82) is 0 Å². The number of H-pyrrole nitrogens is 1. The fraction of sp³-hybridized carbons (Fsp3) is 0.312. The molecule has 1 aliphatic heterocycles. The largest absolute Gasteiger partial charge is 0.389 e. The minimum atomic E-state index is 0.0459. The van der Waals surface area contributed by atoms with Crippen LogP contribution in [0.1, 0.15) is 32.0 Å². The van der Waals surface area contributed by atoms with Gasteiger partial charge in [-0.1, -0.05) is 20.4 Å². The first-order valence-corrected chi connectivity index (χ1v) is 6.58. The summed E-state index contributed by atoms with van der Waals surface area (Å²) in [7, 11) is 0. The van der Waals surface area contributed by atoms with Crippen molar-refractivity contribution in [2.24, 2.45) is 0 Å². The first kappa shape index (κ1) is 12.0. The monoisotopic (exact) mass is 253 g/mol. The lowest BCUT2D eigenvalue weighted by Gasteiger charge is -2.24. The van der Waals surface area contributed by atoms with E-state index in [1.807, 2.05) is 19.2 Å². The molecule has 2 aromatic rings. The van der Waals surface area contributed by atoms with E-state index in [-0.39, 0.29) is 5.41 Å². The van der Waals surface area contributed by atoms with Crippen molar-refractivity contribution in [3.63, 3.8) is 0 Å². The number of nitrogens with zero attached hydrogens (tertiary/aromatic N) is 1. The zero-order valence-electron chi connectivity index (χ0n) is 11.7. The molecule has 3 rings (SSSR count). The fourth-order valence-electron chi connectivity index (χ4n) is 2.83. The zero-order valence-corrected chi connectivity index (χ0v) is 11.7. The fourth-order valence-corrected chi connectivity index (χ4v) is 2.83. The molecule has 3 nitrogen and oxygen atoms in total.